The molecule has 6 nitrogen and oxygen atoms in total. The van der Waals surface area contributed by atoms with Gasteiger partial charge >= 0.3 is 0 Å². The summed E-state index contributed by atoms with van der Waals surface area (Å²) in [4.78, 5) is 12.1. The van der Waals surface area contributed by atoms with Crippen LogP contribution in [0.2, 0.25) is 0 Å². The van der Waals surface area contributed by atoms with Crippen molar-refractivity contribution in [2.75, 3.05) is 11.5 Å². The largest absolute Gasteiger partial charge is 0.382 e. The van der Waals surface area contributed by atoms with Gasteiger partial charge in [-0.2, -0.15) is 5.26 Å². The summed E-state index contributed by atoms with van der Waals surface area (Å²) in [5.41, 5.74) is 6.96. The standard InChI is InChI=1S/C8H8N6S/c9-3-15-2-1-14-5-13-6-7(10)11-4-12-8(6)14/h4-5H,1-2H2,(H2,10,11,12). The van der Waals surface area contributed by atoms with Gasteiger partial charge in [0, 0.05) is 12.3 Å². The van der Waals surface area contributed by atoms with Gasteiger partial charge < -0.3 is 10.3 Å². The molecule has 0 unspecified atom stereocenters. The highest BCUT2D eigenvalue weighted by atomic mass is 32.2. The van der Waals surface area contributed by atoms with E-state index in [1.807, 2.05) is 9.97 Å². The van der Waals surface area contributed by atoms with Gasteiger partial charge in [-0.25, -0.2) is 15.0 Å². The van der Waals surface area contributed by atoms with E-state index in [1.165, 1.54) is 18.1 Å². The predicted octanol–water partition coefficient (Wildman–Crippen LogP) is 0.623. The Morgan fingerprint density at radius 3 is 3.13 bits per heavy atom. The Morgan fingerprint density at radius 2 is 2.33 bits per heavy atom. The number of hydrogen-bond donors (Lipinski definition) is 1. The van der Waals surface area contributed by atoms with Gasteiger partial charge in [-0.3, -0.25) is 0 Å². The molecule has 0 radical (unpaired) electrons. The average Bonchev–Trinajstić information content (AvgIpc) is 2.64. The van der Waals surface area contributed by atoms with E-state index in [4.69, 9.17) is 11.0 Å². The van der Waals surface area contributed by atoms with Gasteiger partial charge in [0.25, 0.3) is 0 Å². The molecule has 0 saturated heterocycles. The van der Waals surface area contributed by atoms with Crippen molar-refractivity contribution in [1.29, 1.82) is 5.26 Å². The summed E-state index contributed by atoms with van der Waals surface area (Å²) in [5, 5.41) is 10.4. The van der Waals surface area contributed by atoms with Crippen LogP contribution in [0.1, 0.15) is 0 Å². The van der Waals surface area contributed by atoms with Crippen molar-refractivity contribution in [3.63, 3.8) is 0 Å². The van der Waals surface area contributed by atoms with Crippen molar-refractivity contribution in [1.82, 2.24) is 19.5 Å². The molecular weight excluding hydrogens is 212 g/mol. The number of fused-ring (bicyclic) bond motifs is 1. The van der Waals surface area contributed by atoms with Crippen molar-refractivity contribution in [3.8, 4) is 5.40 Å². The van der Waals surface area contributed by atoms with Crippen LogP contribution in [0.15, 0.2) is 12.7 Å². The molecule has 0 aliphatic heterocycles. The fourth-order valence-corrected chi connectivity index (χ4v) is 1.63. The normalized spacial score (nSPS) is 10.3. The number of aromatic nitrogens is 4. The molecule has 0 aliphatic carbocycles. The Kier molecular flexibility index (Phi) is 2.69. The molecule has 0 spiro atoms. The van der Waals surface area contributed by atoms with Crippen LogP contribution >= 0.6 is 11.8 Å². The Bertz CT molecular complexity index is 513. The topological polar surface area (TPSA) is 93.4 Å². The second-order valence-electron chi connectivity index (χ2n) is 2.81. The van der Waals surface area contributed by atoms with Crippen LogP contribution in [0.4, 0.5) is 5.82 Å². The monoisotopic (exact) mass is 220 g/mol. The molecule has 2 aromatic heterocycles. The maximum absolute atomic E-state index is 8.39. The average molecular weight is 220 g/mol. The molecule has 2 aromatic rings. The number of aryl methyl sites for hydroxylation is 1. The highest BCUT2D eigenvalue weighted by Crippen LogP contribution is 2.14. The van der Waals surface area contributed by atoms with Crippen LogP contribution in [0.3, 0.4) is 0 Å². The zero-order valence-electron chi connectivity index (χ0n) is 7.79. The summed E-state index contributed by atoms with van der Waals surface area (Å²) in [6, 6.07) is 0. The van der Waals surface area contributed by atoms with Crippen LogP contribution < -0.4 is 5.73 Å². The Labute approximate surface area is 90.1 Å². The number of nitrogen functional groups attached to an aromatic ring is 1. The van der Waals surface area contributed by atoms with Crippen LogP contribution in [-0.2, 0) is 6.54 Å². The van der Waals surface area contributed by atoms with Crippen molar-refractivity contribution in [3.05, 3.63) is 12.7 Å². The van der Waals surface area contributed by atoms with Gasteiger partial charge in [0.2, 0.25) is 0 Å². The van der Waals surface area contributed by atoms with Gasteiger partial charge in [-0.15, -0.1) is 0 Å². The van der Waals surface area contributed by atoms with Crippen LogP contribution in [0.25, 0.3) is 11.2 Å². The molecule has 15 heavy (non-hydrogen) atoms. The number of imidazole rings is 1. The first-order chi connectivity index (χ1) is 7.33. The summed E-state index contributed by atoms with van der Waals surface area (Å²) >= 11 is 1.20. The lowest BCUT2D eigenvalue weighted by atomic mass is 10.5. The number of nitrogens with zero attached hydrogens (tertiary/aromatic N) is 5. The predicted molar refractivity (Wildman–Crippen MR) is 57.8 cm³/mol. The first-order valence-electron chi connectivity index (χ1n) is 4.25. The number of nitrogens with two attached hydrogens (primary N) is 1. The van der Waals surface area contributed by atoms with E-state index < -0.39 is 0 Å². The van der Waals surface area contributed by atoms with E-state index >= 15 is 0 Å². The molecule has 0 atom stereocenters. The minimum Gasteiger partial charge on any atom is -0.382 e. The van der Waals surface area contributed by atoms with Gasteiger partial charge in [0.05, 0.1) is 6.33 Å². The number of nitriles is 1. The quantitative estimate of drug-likeness (QED) is 0.602. The van der Waals surface area contributed by atoms with Gasteiger partial charge in [0.15, 0.2) is 11.5 Å². The number of rotatable bonds is 3. The van der Waals surface area contributed by atoms with Crippen LogP contribution in [-0.4, -0.2) is 25.3 Å². The number of thioether (sulfide) groups is 1. The molecule has 0 aliphatic rings. The number of thiocyanates is 1. The maximum atomic E-state index is 8.39. The molecular formula is C8H8N6S. The SMILES string of the molecule is N#CSCCn1cnc2c(N)ncnc21. The van der Waals surface area contributed by atoms with Crippen molar-refractivity contribution in [2.45, 2.75) is 6.54 Å². The molecule has 2 heterocycles. The lowest BCUT2D eigenvalue weighted by molar-refractivity contribution is 0.787. The second kappa shape index (κ2) is 4.14. The van der Waals surface area contributed by atoms with Crippen molar-refractivity contribution in [2.24, 2.45) is 0 Å². The lowest BCUT2D eigenvalue weighted by Crippen LogP contribution is -2.00. The van der Waals surface area contributed by atoms with Gasteiger partial charge in [-0.05, 0) is 11.8 Å². The third-order valence-electron chi connectivity index (χ3n) is 1.93. The van der Waals surface area contributed by atoms with E-state index in [2.05, 4.69) is 15.0 Å². The molecule has 0 fully saturated rings. The summed E-state index contributed by atoms with van der Waals surface area (Å²) in [6.45, 7) is 0.686. The third kappa shape index (κ3) is 1.85. The van der Waals surface area contributed by atoms with E-state index in [0.717, 1.165) is 0 Å². The highest BCUT2D eigenvalue weighted by Gasteiger charge is 2.06. The first kappa shape index (κ1) is 9.73. The fourth-order valence-electron chi connectivity index (χ4n) is 1.25. The highest BCUT2D eigenvalue weighted by molar-refractivity contribution is 8.03. The summed E-state index contributed by atoms with van der Waals surface area (Å²) in [5.74, 6) is 1.08. The maximum Gasteiger partial charge on any atom is 0.165 e. The third-order valence-corrected chi connectivity index (χ3v) is 2.44. The molecule has 0 amide bonds. The van der Waals surface area contributed by atoms with Crippen molar-refractivity contribution >= 4 is 28.7 Å². The van der Waals surface area contributed by atoms with Crippen LogP contribution in [0.5, 0.6) is 0 Å². The number of anilines is 1. The van der Waals surface area contributed by atoms with E-state index in [9.17, 15) is 0 Å². The molecule has 0 bridgehead atoms. The van der Waals surface area contributed by atoms with E-state index in [-0.39, 0.29) is 0 Å². The zero-order valence-corrected chi connectivity index (χ0v) is 8.61. The molecule has 0 saturated carbocycles. The Hall–Kier alpha value is -1.81. The first-order valence-corrected chi connectivity index (χ1v) is 5.23. The molecule has 76 valence electrons. The summed E-state index contributed by atoms with van der Waals surface area (Å²) < 4.78 is 1.86. The Morgan fingerprint density at radius 1 is 1.47 bits per heavy atom. The minimum absolute atomic E-state index is 0.381. The van der Waals surface area contributed by atoms with Crippen molar-refractivity contribution < 1.29 is 0 Å². The number of hydrogen-bond acceptors (Lipinski definition) is 6. The zero-order chi connectivity index (χ0) is 10.7. The van der Waals surface area contributed by atoms with Gasteiger partial charge in [-0.1, -0.05) is 0 Å². The Balaban J connectivity index is 2.30. The molecule has 7 heteroatoms. The smallest absolute Gasteiger partial charge is 0.165 e. The van der Waals surface area contributed by atoms with Crippen LogP contribution in [0, 0.1) is 10.7 Å². The van der Waals surface area contributed by atoms with Gasteiger partial charge in [0.1, 0.15) is 17.2 Å². The lowest BCUT2D eigenvalue weighted by Gasteiger charge is -2.00. The summed E-state index contributed by atoms with van der Waals surface area (Å²) in [7, 11) is 0. The van der Waals surface area contributed by atoms with E-state index in [0.29, 0.717) is 29.3 Å². The molecule has 2 N–H and O–H groups in total. The fraction of sp³-hybridized carbons (Fsp3) is 0.250. The molecule has 2 rings (SSSR count). The second-order valence-corrected chi connectivity index (χ2v) is 3.69. The minimum atomic E-state index is 0.381. The summed E-state index contributed by atoms with van der Waals surface area (Å²) in [6.07, 6.45) is 3.07. The molecule has 0 aromatic carbocycles. The van der Waals surface area contributed by atoms with E-state index in [1.54, 1.807) is 6.33 Å².